The highest BCUT2D eigenvalue weighted by atomic mass is 32.2. The summed E-state index contributed by atoms with van der Waals surface area (Å²) >= 11 is 4.20. The molecule has 2 heterocycles. The first-order chi connectivity index (χ1) is 8.33. The summed E-state index contributed by atoms with van der Waals surface area (Å²) in [7, 11) is 0. The van der Waals surface area contributed by atoms with Crippen LogP contribution in [0.25, 0.3) is 0 Å². The molecule has 0 aromatic carbocycles. The highest BCUT2D eigenvalue weighted by Gasteiger charge is 2.30. The second kappa shape index (κ2) is 6.66. The van der Waals surface area contributed by atoms with Gasteiger partial charge in [0.1, 0.15) is 0 Å². The van der Waals surface area contributed by atoms with Gasteiger partial charge in [0.05, 0.1) is 0 Å². The fraction of sp³-hybridized carbons (Fsp3) is 0.615. The first-order valence-electron chi connectivity index (χ1n) is 6.19. The van der Waals surface area contributed by atoms with Crippen molar-refractivity contribution in [1.82, 2.24) is 10.3 Å². The van der Waals surface area contributed by atoms with Crippen molar-refractivity contribution in [3.05, 3.63) is 30.1 Å². The third-order valence-electron chi connectivity index (χ3n) is 3.03. The molecule has 0 radical (unpaired) electrons. The van der Waals surface area contributed by atoms with E-state index in [1.165, 1.54) is 17.1 Å². The maximum absolute atomic E-state index is 4.25. The smallest absolute Gasteiger partial charge is 0.0466 e. The van der Waals surface area contributed by atoms with Crippen molar-refractivity contribution in [2.24, 2.45) is 0 Å². The van der Waals surface area contributed by atoms with Crippen LogP contribution in [0.15, 0.2) is 24.5 Å². The first-order valence-corrected chi connectivity index (χ1v) is 8.29. The van der Waals surface area contributed by atoms with Crippen LogP contribution < -0.4 is 5.32 Å². The highest BCUT2D eigenvalue weighted by molar-refractivity contribution is 8.07. The molecule has 0 spiro atoms. The molecular formula is C13H20N2S2. The van der Waals surface area contributed by atoms with Crippen molar-refractivity contribution < 1.29 is 0 Å². The largest absolute Gasteiger partial charge is 0.309 e. The normalized spacial score (nSPS) is 26.7. The van der Waals surface area contributed by atoms with E-state index in [0.717, 1.165) is 6.54 Å². The van der Waals surface area contributed by atoms with Crippen molar-refractivity contribution in [2.75, 3.05) is 18.1 Å². The van der Waals surface area contributed by atoms with Crippen LogP contribution in [0.3, 0.4) is 0 Å². The number of thioether (sulfide) groups is 2. The number of hydrogen-bond acceptors (Lipinski definition) is 4. The Bertz CT molecular complexity index is 331. The third kappa shape index (κ3) is 3.39. The van der Waals surface area contributed by atoms with Gasteiger partial charge in [0.15, 0.2) is 0 Å². The summed E-state index contributed by atoms with van der Waals surface area (Å²) < 4.78 is 0. The molecule has 4 heteroatoms. The van der Waals surface area contributed by atoms with Crippen LogP contribution in [-0.2, 0) is 0 Å². The predicted molar refractivity (Wildman–Crippen MR) is 78.8 cm³/mol. The minimum absolute atomic E-state index is 0.432. The van der Waals surface area contributed by atoms with Gasteiger partial charge in [-0.15, -0.1) is 0 Å². The summed E-state index contributed by atoms with van der Waals surface area (Å²) in [5, 5.41) is 4.98. The van der Waals surface area contributed by atoms with Gasteiger partial charge in [-0.1, -0.05) is 19.9 Å². The van der Waals surface area contributed by atoms with Crippen LogP contribution in [0.4, 0.5) is 0 Å². The Morgan fingerprint density at radius 3 is 2.94 bits per heavy atom. The molecule has 1 saturated heterocycles. The quantitative estimate of drug-likeness (QED) is 0.907. The lowest BCUT2D eigenvalue weighted by Gasteiger charge is -2.35. The lowest BCUT2D eigenvalue weighted by molar-refractivity contribution is 0.524. The third-order valence-corrected chi connectivity index (χ3v) is 6.23. The molecule has 0 bridgehead atoms. The molecule has 3 atom stereocenters. The molecule has 94 valence electrons. The van der Waals surface area contributed by atoms with Gasteiger partial charge in [0.2, 0.25) is 0 Å². The second-order valence-electron chi connectivity index (χ2n) is 4.23. The summed E-state index contributed by atoms with van der Waals surface area (Å²) in [5.41, 5.74) is 1.32. The molecule has 2 rings (SSSR count). The van der Waals surface area contributed by atoms with Gasteiger partial charge in [0.25, 0.3) is 0 Å². The summed E-state index contributed by atoms with van der Waals surface area (Å²) in [5.74, 6) is 2.55. The molecule has 1 fully saturated rings. The van der Waals surface area contributed by atoms with E-state index in [4.69, 9.17) is 0 Å². The maximum atomic E-state index is 4.25. The van der Waals surface area contributed by atoms with Gasteiger partial charge >= 0.3 is 0 Å². The van der Waals surface area contributed by atoms with E-state index >= 15 is 0 Å². The molecule has 1 N–H and O–H groups in total. The predicted octanol–water partition coefficient (Wildman–Crippen LogP) is 2.97. The number of pyridine rings is 1. The van der Waals surface area contributed by atoms with Crippen molar-refractivity contribution in [2.45, 2.75) is 30.4 Å². The summed E-state index contributed by atoms with van der Waals surface area (Å²) in [6.45, 7) is 5.53. The van der Waals surface area contributed by atoms with Crippen molar-refractivity contribution >= 4 is 23.5 Å². The van der Waals surface area contributed by atoms with Crippen LogP contribution in [0.1, 0.15) is 25.5 Å². The molecule has 1 aliphatic heterocycles. The van der Waals surface area contributed by atoms with E-state index in [1.54, 1.807) is 0 Å². The lowest BCUT2D eigenvalue weighted by Crippen LogP contribution is -2.37. The van der Waals surface area contributed by atoms with Gasteiger partial charge in [-0.2, -0.15) is 23.5 Å². The van der Waals surface area contributed by atoms with Gasteiger partial charge < -0.3 is 5.32 Å². The zero-order chi connectivity index (χ0) is 12.1. The molecule has 1 aromatic rings. The van der Waals surface area contributed by atoms with Crippen molar-refractivity contribution in [3.63, 3.8) is 0 Å². The Kier molecular flexibility index (Phi) is 5.19. The zero-order valence-electron chi connectivity index (χ0n) is 10.4. The van der Waals surface area contributed by atoms with E-state index in [9.17, 15) is 0 Å². The molecule has 1 aliphatic rings. The molecule has 0 saturated carbocycles. The maximum Gasteiger partial charge on any atom is 0.0466 e. The summed E-state index contributed by atoms with van der Waals surface area (Å²) in [6, 6.07) is 4.65. The Hall–Kier alpha value is -0.190. The molecular weight excluding hydrogens is 248 g/mol. The molecule has 2 nitrogen and oxygen atoms in total. The van der Waals surface area contributed by atoms with Gasteiger partial charge in [-0.25, -0.2) is 0 Å². The number of nitrogens with zero attached hydrogens (tertiary/aromatic N) is 1. The Morgan fingerprint density at radius 1 is 1.47 bits per heavy atom. The highest BCUT2D eigenvalue weighted by Crippen LogP contribution is 2.38. The average molecular weight is 268 g/mol. The van der Waals surface area contributed by atoms with Crippen LogP contribution in [-0.4, -0.2) is 33.5 Å². The Labute approximate surface area is 112 Å². The fourth-order valence-electron chi connectivity index (χ4n) is 2.22. The number of aromatic nitrogens is 1. The molecule has 3 unspecified atom stereocenters. The first kappa shape index (κ1) is 13.2. The van der Waals surface area contributed by atoms with E-state index in [2.05, 4.69) is 53.7 Å². The van der Waals surface area contributed by atoms with Crippen LogP contribution in [0, 0.1) is 0 Å². The minimum atomic E-state index is 0.432. The van der Waals surface area contributed by atoms with Gasteiger partial charge in [-0.3, -0.25) is 4.98 Å². The average Bonchev–Trinajstić information content (AvgIpc) is 2.38. The van der Waals surface area contributed by atoms with Crippen molar-refractivity contribution in [3.8, 4) is 0 Å². The number of hydrogen-bond donors (Lipinski definition) is 1. The summed E-state index contributed by atoms with van der Waals surface area (Å²) in [4.78, 5) is 4.25. The molecule has 0 amide bonds. The van der Waals surface area contributed by atoms with Gasteiger partial charge in [0, 0.05) is 40.4 Å². The Morgan fingerprint density at radius 2 is 2.29 bits per heavy atom. The standard InChI is InChI=1S/C13H20N2S2/c1-3-15-12(11-5-4-6-14-9-11)13-10(2)16-7-8-17-13/h4-6,9-10,12-13,15H,3,7-8H2,1-2H3. The van der Waals surface area contributed by atoms with E-state index in [-0.39, 0.29) is 0 Å². The number of nitrogens with one attached hydrogen (secondary N) is 1. The van der Waals surface area contributed by atoms with Gasteiger partial charge in [-0.05, 0) is 18.2 Å². The van der Waals surface area contributed by atoms with Crippen molar-refractivity contribution in [1.29, 1.82) is 0 Å². The summed E-state index contributed by atoms with van der Waals surface area (Å²) in [6.07, 6.45) is 3.85. The number of rotatable bonds is 4. The monoisotopic (exact) mass is 268 g/mol. The lowest BCUT2D eigenvalue weighted by atomic mass is 10.0. The van der Waals surface area contributed by atoms with E-state index in [1.807, 2.05) is 18.5 Å². The topological polar surface area (TPSA) is 24.9 Å². The van der Waals surface area contributed by atoms with Crippen LogP contribution >= 0.6 is 23.5 Å². The van der Waals surface area contributed by atoms with Crippen LogP contribution in [0.2, 0.25) is 0 Å². The Balaban J connectivity index is 2.16. The zero-order valence-corrected chi connectivity index (χ0v) is 12.1. The van der Waals surface area contributed by atoms with E-state index < -0.39 is 0 Å². The minimum Gasteiger partial charge on any atom is -0.309 e. The fourth-order valence-corrected chi connectivity index (χ4v) is 5.17. The molecule has 0 aliphatic carbocycles. The molecule has 1 aromatic heterocycles. The SMILES string of the molecule is CCNC(c1cccnc1)C1SCCSC1C. The van der Waals surface area contributed by atoms with E-state index in [0.29, 0.717) is 16.5 Å². The molecule has 17 heavy (non-hydrogen) atoms. The van der Waals surface area contributed by atoms with Crippen LogP contribution in [0.5, 0.6) is 0 Å². The second-order valence-corrected chi connectivity index (χ2v) is 7.00.